The monoisotopic (exact) mass is 268 g/mol. The molecule has 0 saturated carbocycles. The van der Waals surface area contributed by atoms with E-state index in [4.69, 9.17) is 5.11 Å². The first kappa shape index (κ1) is 15.0. The van der Waals surface area contributed by atoms with Gasteiger partial charge in [0.05, 0.1) is 5.56 Å². The molecule has 0 fully saturated rings. The quantitative estimate of drug-likeness (QED) is 0.774. The van der Waals surface area contributed by atoms with Crippen molar-refractivity contribution in [2.24, 2.45) is 5.92 Å². The number of carbonyl (C=O) groups is 1. The van der Waals surface area contributed by atoms with E-state index in [9.17, 15) is 4.79 Å². The fourth-order valence-corrected chi connectivity index (χ4v) is 2.23. The Hall–Kier alpha value is -1.07. The predicted molar refractivity (Wildman–Crippen MR) is 73.8 cm³/mol. The zero-order valence-corrected chi connectivity index (χ0v) is 11.8. The fourth-order valence-electron chi connectivity index (χ4n) is 1.68. The number of nitrogens with zero attached hydrogens (tertiary/aromatic N) is 1. The van der Waals surface area contributed by atoms with Gasteiger partial charge in [-0.05, 0) is 30.7 Å². The summed E-state index contributed by atoms with van der Waals surface area (Å²) in [5.41, 5.74) is 0.591. The lowest BCUT2D eigenvalue weighted by molar-refractivity contribution is 0.0913. The van der Waals surface area contributed by atoms with Gasteiger partial charge in [0.2, 0.25) is 0 Å². The van der Waals surface area contributed by atoms with E-state index in [1.54, 1.807) is 18.3 Å². The van der Waals surface area contributed by atoms with E-state index in [0.717, 1.165) is 5.03 Å². The summed E-state index contributed by atoms with van der Waals surface area (Å²) in [6.07, 6.45) is 4.14. The van der Waals surface area contributed by atoms with Crippen LogP contribution in [0.1, 0.15) is 30.6 Å². The van der Waals surface area contributed by atoms with Crippen molar-refractivity contribution in [3.8, 4) is 0 Å². The molecule has 0 saturated heterocycles. The van der Waals surface area contributed by atoms with Crippen LogP contribution in [-0.2, 0) is 0 Å². The highest BCUT2D eigenvalue weighted by Gasteiger charge is 2.18. The van der Waals surface area contributed by atoms with Crippen molar-refractivity contribution in [2.75, 3.05) is 12.9 Å². The molecule has 1 amide bonds. The van der Waals surface area contributed by atoms with Crippen LogP contribution in [0.15, 0.2) is 23.4 Å². The number of amides is 1. The van der Waals surface area contributed by atoms with E-state index in [0.29, 0.717) is 12.0 Å². The maximum Gasteiger partial charge on any atom is 0.254 e. The van der Waals surface area contributed by atoms with E-state index in [-0.39, 0.29) is 24.5 Å². The molecule has 100 valence electrons. The molecule has 0 radical (unpaired) electrons. The Morgan fingerprint density at radius 3 is 2.83 bits per heavy atom. The molecule has 2 N–H and O–H groups in total. The molecule has 0 spiro atoms. The van der Waals surface area contributed by atoms with Crippen molar-refractivity contribution in [2.45, 2.75) is 31.3 Å². The van der Waals surface area contributed by atoms with Gasteiger partial charge in [0.1, 0.15) is 5.03 Å². The summed E-state index contributed by atoms with van der Waals surface area (Å²) in [5, 5.41) is 12.7. The predicted octanol–water partition coefficient (Wildman–Crippen LogP) is 1.94. The van der Waals surface area contributed by atoms with Gasteiger partial charge in [-0.3, -0.25) is 4.79 Å². The van der Waals surface area contributed by atoms with Gasteiger partial charge in [0.15, 0.2) is 0 Å². The molecule has 18 heavy (non-hydrogen) atoms. The number of pyridine rings is 1. The zero-order chi connectivity index (χ0) is 13.5. The van der Waals surface area contributed by atoms with Crippen LogP contribution in [0.3, 0.4) is 0 Å². The molecular weight excluding hydrogens is 248 g/mol. The summed E-state index contributed by atoms with van der Waals surface area (Å²) < 4.78 is 0. The van der Waals surface area contributed by atoms with Gasteiger partial charge >= 0.3 is 0 Å². The summed E-state index contributed by atoms with van der Waals surface area (Å²) in [5.74, 6) is 0.162. The normalized spacial score (nSPS) is 12.5. The molecule has 1 unspecified atom stereocenters. The van der Waals surface area contributed by atoms with Gasteiger partial charge in [-0.1, -0.05) is 13.8 Å². The topological polar surface area (TPSA) is 62.2 Å². The summed E-state index contributed by atoms with van der Waals surface area (Å²) in [6, 6.07) is 3.51. The van der Waals surface area contributed by atoms with Crippen molar-refractivity contribution >= 4 is 17.7 Å². The van der Waals surface area contributed by atoms with Gasteiger partial charge in [0.25, 0.3) is 5.91 Å². The maximum absolute atomic E-state index is 12.2. The van der Waals surface area contributed by atoms with E-state index in [1.165, 1.54) is 11.8 Å². The molecule has 0 bridgehead atoms. The molecule has 1 heterocycles. The Kier molecular flexibility index (Phi) is 6.15. The van der Waals surface area contributed by atoms with Crippen molar-refractivity contribution in [3.05, 3.63) is 23.9 Å². The number of carbonyl (C=O) groups excluding carboxylic acids is 1. The van der Waals surface area contributed by atoms with Crippen LogP contribution in [0.4, 0.5) is 0 Å². The van der Waals surface area contributed by atoms with E-state index in [1.807, 2.05) is 20.1 Å². The van der Waals surface area contributed by atoms with Crippen LogP contribution in [0, 0.1) is 5.92 Å². The lowest BCUT2D eigenvalue weighted by Gasteiger charge is -2.21. The van der Waals surface area contributed by atoms with Crippen LogP contribution >= 0.6 is 11.8 Å². The molecular formula is C13H20N2O2S. The number of thioether (sulfide) groups is 1. The third-order valence-electron chi connectivity index (χ3n) is 2.77. The molecule has 0 aliphatic heterocycles. The molecule has 1 atom stereocenters. The number of hydrogen-bond donors (Lipinski definition) is 2. The maximum atomic E-state index is 12.2. The fraction of sp³-hybridized carbons (Fsp3) is 0.538. The highest BCUT2D eigenvalue weighted by Crippen LogP contribution is 2.17. The van der Waals surface area contributed by atoms with Crippen molar-refractivity contribution in [1.29, 1.82) is 0 Å². The number of rotatable bonds is 6. The molecule has 0 aliphatic carbocycles. The highest BCUT2D eigenvalue weighted by molar-refractivity contribution is 7.98. The number of hydrogen-bond acceptors (Lipinski definition) is 4. The summed E-state index contributed by atoms with van der Waals surface area (Å²) >= 11 is 1.45. The number of aliphatic hydroxyl groups excluding tert-OH is 1. The summed E-state index contributed by atoms with van der Waals surface area (Å²) in [4.78, 5) is 16.3. The molecule has 5 heteroatoms. The van der Waals surface area contributed by atoms with Gasteiger partial charge < -0.3 is 10.4 Å². The van der Waals surface area contributed by atoms with Crippen molar-refractivity contribution in [3.63, 3.8) is 0 Å². The minimum atomic E-state index is -0.125. The van der Waals surface area contributed by atoms with Crippen LogP contribution in [0.2, 0.25) is 0 Å². The van der Waals surface area contributed by atoms with Crippen LogP contribution in [-0.4, -0.2) is 34.9 Å². The SMILES string of the molecule is CSc1ncccc1C(=O)NC(CCO)C(C)C. The molecule has 0 aromatic carbocycles. The third kappa shape index (κ3) is 3.99. The number of nitrogens with one attached hydrogen (secondary N) is 1. The first-order chi connectivity index (χ1) is 8.60. The largest absolute Gasteiger partial charge is 0.396 e. The lowest BCUT2D eigenvalue weighted by atomic mass is 10.0. The average molecular weight is 268 g/mol. The molecule has 1 rings (SSSR count). The standard InChI is InChI=1S/C13H20N2O2S/c1-9(2)11(6-8-16)15-12(17)10-5-4-7-14-13(10)18-3/h4-5,7,9,11,16H,6,8H2,1-3H3,(H,15,17). The van der Waals surface area contributed by atoms with Gasteiger partial charge in [-0.2, -0.15) is 0 Å². The second kappa shape index (κ2) is 7.38. The molecule has 4 nitrogen and oxygen atoms in total. The Morgan fingerprint density at radius 1 is 1.56 bits per heavy atom. The lowest BCUT2D eigenvalue weighted by Crippen LogP contribution is -2.39. The first-order valence-electron chi connectivity index (χ1n) is 6.00. The molecule has 1 aromatic heterocycles. The second-order valence-electron chi connectivity index (χ2n) is 4.40. The van der Waals surface area contributed by atoms with E-state index < -0.39 is 0 Å². The second-order valence-corrected chi connectivity index (χ2v) is 5.19. The summed E-state index contributed by atoms with van der Waals surface area (Å²) in [6.45, 7) is 4.13. The van der Waals surface area contributed by atoms with Crippen LogP contribution in [0.5, 0.6) is 0 Å². The van der Waals surface area contributed by atoms with Crippen LogP contribution in [0.25, 0.3) is 0 Å². The van der Waals surface area contributed by atoms with Crippen molar-refractivity contribution in [1.82, 2.24) is 10.3 Å². The zero-order valence-electron chi connectivity index (χ0n) is 11.0. The number of aliphatic hydroxyl groups is 1. The first-order valence-corrected chi connectivity index (χ1v) is 7.23. The number of aromatic nitrogens is 1. The third-order valence-corrected chi connectivity index (χ3v) is 3.48. The minimum absolute atomic E-state index is 0.0163. The Morgan fingerprint density at radius 2 is 2.28 bits per heavy atom. The van der Waals surface area contributed by atoms with E-state index >= 15 is 0 Å². The van der Waals surface area contributed by atoms with Gasteiger partial charge in [-0.15, -0.1) is 11.8 Å². The van der Waals surface area contributed by atoms with E-state index in [2.05, 4.69) is 10.3 Å². The smallest absolute Gasteiger partial charge is 0.254 e. The Labute approximate surface area is 112 Å². The molecule has 0 aliphatic rings. The van der Waals surface area contributed by atoms with Crippen LogP contribution < -0.4 is 5.32 Å². The highest BCUT2D eigenvalue weighted by atomic mass is 32.2. The minimum Gasteiger partial charge on any atom is -0.396 e. The van der Waals surface area contributed by atoms with Crippen molar-refractivity contribution < 1.29 is 9.90 Å². The Balaban J connectivity index is 2.80. The Bertz CT molecular complexity index is 396. The molecule has 1 aromatic rings. The average Bonchev–Trinajstić information content (AvgIpc) is 2.37. The van der Waals surface area contributed by atoms with Gasteiger partial charge in [0, 0.05) is 18.8 Å². The van der Waals surface area contributed by atoms with Gasteiger partial charge in [-0.25, -0.2) is 4.98 Å². The summed E-state index contributed by atoms with van der Waals surface area (Å²) in [7, 11) is 0.